The standard InChI is InChI=1S/C5H8NO2/c1-4(3-7)2-5(6)8/h4H,2H2,1H3,(H2,6,8). The summed E-state index contributed by atoms with van der Waals surface area (Å²) in [4.78, 5) is 19.7. The van der Waals surface area contributed by atoms with Crippen molar-refractivity contribution >= 4 is 12.2 Å². The Hall–Kier alpha value is -0.860. The molecule has 0 saturated carbocycles. The molecule has 1 atom stereocenters. The first-order valence-corrected chi connectivity index (χ1v) is 2.32. The van der Waals surface area contributed by atoms with Gasteiger partial charge in [-0.05, 0) is 0 Å². The fraction of sp³-hybridized carbons (Fsp3) is 0.600. The topological polar surface area (TPSA) is 60.2 Å². The van der Waals surface area contributed by atoms with Gasteiger partial charge in [-0.15, -0.1) is 0 Å². The lowest BCUT2D eigenvalue weighted by molar-refractivity contribution is -0.118. The summed E-state index contributed by atoms with van der Waals surface area (Å²) < 4.78 is 0. The van der Waals surface area contributed by atoms with Crippen LogP contribution in [0.4, 0.5) is 0 Å². The van der Waals surface area contributed by atoms with Crippen molar-refractivity contribution in [2.24, 2.45) is 11.7 Å². The molecule has 0 saturated heterocycles. The van der Waals surface area contributed by atoms with Crippen molar-refractivity contribution in [3.63, 3.8) is 0 Å². The van der Waals surface area contributed by atoms with Crippen LogP contribution in [0.3, 0.4) is 0 Å². The van der Waals surface area contributed by atoms with Gasteiger partial charge in [0.05, 0.1) is 0 Å². The molecule has 3 heteroatoms. The average molecular weight is 114 g/mol. The van der Waals surface area contributed by atoms with Gasteiger partial charge in [-0.3, -0.25) is 9.59 Å². The molecule has 3 nitrogen and oxygen atoms in total. The third-order valence-corrected chi connectivity index (χ3v) is 0.709. The Morgan fingerprint density at radius 3 is 2.50 bits per heavy atom. The van der Waals surface area contributed by atoms with E-state index < -0.39 is 5.91 Å². The number of hydrogen-bond acceptors (Lipinski definition) is 2. The lowest BCUT2D eigenvalue weighted by Gasteiger charge is -1.93. The third-order valence-electron chi connectivity index (χ3n) is 0.709. The lowest BCUT2D eigenvalue weighted by Crippen LogP contribution is -2.14. The minimum absolute atomic E-state index is 0.101. The molecule has 8 heavy (non-hydrogen) atoms. The molecule has 0 bridgehead atoms. The minimum atomic E-state index is -0.458. The van der Waals surface area contributed by atoms with Crippen molar-refractivity contribution in [1.29, 1.82) is 0 Å². The van der Waals surface area contributed by atoms with Crippen molar-refractivity contribution in [2.45, 2.75) is 13.3 Å². The van der Waals surface area contributed by atoms with E-state index in [1.54, 1.807) is 13.2 Å². The molecular weight excluding hydrogens is 106 g/mol. The minimum Gasteiger partial charge on any atom is -0.370 e. The number of hydrogen-bond donors (Lipinski definition) is 1. The molecule has 0 aromatic carbocycles. The molecule has 1 unspecified atom stereocenters. The van der Waals surface area contributed by atoms with E-state index in [9.17, 15) is 9.59 Å². The van der Waals surface area contributed by atoms with Crippen LogP contribution in [0.1, 0.15) is 13.3 Å². The second-order valence-corrected chi connectivity index (χ2v) is 1.69. The van der Waals surface area contributed by atoms with E-state index in [1.165, 1.54) is 0 Å². The fourth-order valence-electron chi connectivity index (χ4n) is 0.343. The Kier molecular flexibility index (Phi) is 2.84. The number of amides is 1. The zero-order valence-corrected chi connectivity index (χ0v) is 4.68. The first-order valence-electron chi connectivity index (χ1n) is 2.32. The number of carbonyl (C=O) groups is 1. The van der Waals surface area contributed by atoms with Crippen LogP contribution in [-0.4, -0.2) is 12.2 Å². The summed E-state index contributed by atoms with van der Waals surface area (Å²) in [5, 5.41) is 0. The summed E-state index contributed by atoms with van der Waals surface area (Å²) in [6.45, 7) is 1.60. The largest absolute Gasteiger partial charge is 0.370 e. The summed E-state index contributed by atoms with van der Waals surface area (Å²) in [6, 6.07) is 0. The summed E-state index contributed by atoms with van der Waals surface area (Å²) in [5.41, 5.74) is 4.75. The second kappa shape index (κ2) is 3.18. The molecule has 0 aromatic heterocycles. The Morgan fingerprint density at radius 1 is 1.88 bits per heavy atom. The summed E-state index contributed by atoms with van der Waals surface area (Å²) in [5.74, 6) is -0.812. The van der Waals surface area contributed by atoms with E-state index in [2.05, 4.69) is 0 Å². The molecule has 0 rings (SSSR count). The van der Waals surface area contributed by atoms with Crippen molar-refractivity contribution in [3.8, 4) is 0 Å². The maximum atomic E-state index is 10.0. The molecule has 0 heterocycles. The predicted octanol–water partition coefficient (Wildman–Crippen LogP) is -0.392. The van der Waals surface area contributed by atoms with Crippen LogP contribution in [0.15, 0.2) is 0 Å². The molecule has 1 radical (unpaired) electrons. The Bertz CT molecular complexity index is 101. The molecule has 2 N–H and O–H groups in total. The van der Waals surface area contributed by atoms with E-state index in [0.717, 1.165) is 0 Å². The molecule has 0 spiro atoms. The van der Waals surface area contributed by atoms with Crippen LogP contribution >= 0.6 is 0 Å². The normalized spacial score (nSPS) is 12.6. The lowest BCUT2D eigenvalue weighted by atomic mass is 10.1. The zero-order valence-electron chi connectivity index (χ0n) is 4.68. The van der Waals surface area contributed by atoms with Crippen molar-refractivity contribution in [1.82, 2.24) is 0 Å². The number of carbonyl (C=O) groups excluding carboxylic acids is 2. The van der Waals surface area contributed by atoms with E-state index in [4.69, 9.17) is 5.73 Å². The van der Waals surface area contributed by atoms with E-state index in [1.807, 2.05) is 0 Å². The van der Waals surface area contributed by atoms with Gasteiger partial charge in [0.15, 0.2) is 0 Å². The Balaban J connectivity index is 3.38. The monoisotopic (exact) mass is 114 g/mol. The summed E-state index contributed by atoms with van der Waals surface area (Å²) in [6.07, 6.45) is 1.75. The quantitative estimate of drug-likeness (QED) is 0.543. The van der Waals surface area contributed by atoms with Crippen LogP contribution in [0.2, 0.25) is 0 Å². The Labute approximate surface area is 47.9 Å². The maximum absolute atomic E-state index is 10.0. The van der Waals surface area contributed by atoms with Crippen LogP contribution < -0.4 is 5.73 Å². The highest BCUT2D eigenvalue weighted by molar-refractivity contribution is 5.77. The van der Waals surface area contributed by atoms with Gasteiger partial charge in [0.25, 0.3) is 0 Å². The predicted molar refractivity (Wildman–Crippen MR) is 28.7 cm³/mol. The fourth-order valence-corrected chi connectivity index (χ4v) is 0.343. The van der Waals surface area contributed by atoms with Crippen LogP contribution in [-0.2, 0) is 9.59 Å². The molecule has 45 valence electrons. The van der Waals surface area contributed by atoms with Crippen LogP contribution in [0.25, 0.3) is 0 Å². The molecule has 0 aliphatic carbocycles. The first-order chi connectivity index (χ1) is 3.66. The van der Waals surface area contributed by atoms with Crippen molar-refractivity contribution in [2.75, 3.05) is 0 Å². The van der Waals surface area contributed by atoms with E-state index in [-0.39, 0.29) is 12.3 Å². The smallest absolute Gasteiger partial charge is 0.218 e. The van der Waals surface area contributed by atoms with Gasteiger partial charge < -0.3 is 5.73 Å². The summed E-state index contributed by atoms with van der Waals surface area (Å²) >= 11 is 0. The number of rotatable bonds is 3. The maximum Gasteiger partial charge on any atom is 0.218 e. The molecule has 0 aliphatic rings. The highest BCUT2D eigenvalue weighted by Gasteiger charge is 2.03. The number of primary amides is 1. The zero-order chi connectivity index (χ0) is 6.57. The van der Waals surface area contributed by atoms with Gasteiger partial charge in [0.1, 0.15) is 0 Å². The van der Waals surface area contributed by atoms with Gasteiger partial charge in [0, 0.05) is 12.3 Å². The Morgan fingerprint density at radius 2 is 2.38 bits per heavy atom. The first kappa shape index (κ1) is 7.14. The van der Waals surface area contributed by atoms with Gasteiger partial charge >= 0.3 is 0 Å². The average Bonchev–Trinajstić information content (AvgIpc) is 1.65. The summed E-state index contributed by atoms with van der Waals surface area (Å²) in [7, 11) is 0. The van der Waals surface area contributed by atoms with E-state index in [0.29, 0.717) is 0 Å². The molecule has 1 amide bonds. The van der Waals surface area contributed by atoms with E-state index >= 15 is 0 Å². The second-order valence-electron chi connectivity index (χ2n) is 1.69. The van der Waals surface area contributed by atoms with Gasteiger partial charge in [-0.1, -0.05) is 6.92 Å². The highest BCUT2D eigenvalue weighted by Crippen LogP contribution is 1.93. The van der Waals surface area contributed by atoms with Crippen LogP contribution in [0, 0.1) is 5.92 Å². The van der Waals surface area contributed by atoms with Gasteiger partial charge in [-0.2, -0.15) is 0 Å². The third kappa shape index (κ3) is 3.33. The number of nitrogens with two attached hydrogens (primary N) is 1. The van der Waals surface area contributed by atoms with Crippen LogP contribution in [0.5, 0.6) is 0 Å². The highest BCUT2D eigenvalue weighted by atomic mass is 16.1. The molecular formula is C5H8NO2. The molecule has 0 fully saturated rings. The van der Waals surface area contributed by atoms with Crippen molar-refractivity contribution in [3.05, 3.63) is 0 Å². The van der Waals surface area contributed by atoms with Crippen molar-refractivity contribution < 1.29 is 9.59 Å². The molecule has 0 aromatic rings. The van der Waals surface area contributed by atoms with Gasteiger partial charge in [0.2, 0.25) is 12.2 Å². The van der Waals surface area contributed by atoms with Gasteiger partial charge in [-0.25, -0.2) is 0 Å². The SMILES string of the molecule is CC([C]=O)CC(N)=O. The molecule has 0 aliphatic heterocycles.